The van der Waals surface area contributed by atoms with Gasteiger partial charge in [-0.15, -0.1) is 11.3 Å². The summed E-state index contributed by atoms with van der Waals surface area (Å²) in [7, 11) is 0. The van der Waals surface area contributed by atoms with E-state index in [2.05, 4.69) is 5.32 Å². The fourth-order valence-corrected chi connectivity index (χ4v) is 3.09. The van der Waals surface area contributed by atoms with Crippen LogP contribution in [0.4, 0.5) is 5.69 Å². The third-order valence-electron chi connectivity index (χ3n) is 3.01. The van der Waals surface area contributed by atoms with E-state index in [1.807, 2.05) is 12.1 Å². The first-order chi connectivity index (χ1) is 10.1. The van der Waals surface area contributed by atoms with E-state index in [4.69, 9.17) is 11.6 Å². The normalized spacial score (nSPS) is 10.5. The Bertz CT molecular complexity index is 889. The van der Waals surface area contributed by atoms with E-state index in [9.17, 15) is 9.59 Å². The van der Waals surface area contributed by atoms with Crippen LogP contribution >= 0.6 is 22.9 Å². The van der Waals surface area contributed by atoms with Gasteiger partial charge in [0.15, 0.2) is 0 Å². The molecule has 1 heterocycles. The van der Waals surface area contributed by atoms with Gasteiger partial charge in [-0.05, 0) is 30.3 Å². The molecule has 0 atom stereocenters. The first kappa shape index (κ1) is 13.8. The fraction of sp³-hybridized carbons (Fsp3) is 0. The number of hydrogen-bond acceptors (Lipinski definition) is 3. The lowest BCUT2D eigenvalue weighted by atomic mass is 10.2. The number of amides is 1. The van der Waals surface area contributed by atoms with E-state index in [0.29, 0.717) is 16.1 Å². The Morgan fingerprint density at radius 2 is 1.90 bits per heavy atom. The van der Waals surface area contributed by atoms with Gasteiger partial charge in [0, 0.05) is 26.2 Å². The highest BCUT2D eigenvalue weighted by atomic mass is 35.5. The van der Waals surface area contributed by atoms with Gasteiger partial charge in [-0.3, -0.25) is 9.59 Å². The number of halogens is 1. The zero-order valence-corrected chi connectivity index (χ0v) is 12.4. The highest BCUT2D eigenvalue weighted by Crippen LogP contribution is 2.18. The number of carbonyl (C=O) groups is 1. The van der Waals surface area contributed by atoms with Crippen LogP contribution in [0.25, 0.3) is 10.1 Å². The zero-order valence-electron chi connectivity index (χ0n) is 10.8. The molecule has 1 N–H and O–H groups in total. The molecule has 0 fully saturated rings. The van der Waals surface area contributed by atoms with E-state index in [0.717, 1.165) is 4.70 Å². The largest absolute Gasteiger partial charge is 0.322 e. The summed E-state index contributed by atoms with van der Waals surface area (Å²) in [6.45, 7) is 0. The van der Waals surface area contributed by atoms with Crippen LogP contribution in [-0.2, 0) is 0 Å². The molecule has 0 aliphatic carbocycles. The molecule has 1 amide bonds. The summed E-state index contributed by atoms with van der Waals surface area (Å²) in [6, 6.07) is 14.0. The Morgan fingerprint density at radius 3 is 2.71 bits per heavy atom. The van der Waals surface area contributed by atoms with Crippen molar-refractivity contribution in [1.29, 1.82) is 0 Å². The highest BCUT2D eigenvalue weighted by Gasteiger charge is 2.13. The standard InChI is InChI=1S/C16H10ClNO2S/c17-10-4-3-5-11(8-10)18-16(20)13-9-21-14-7-2-1-6-12(14)15(13)19/h1-9H,(H,18,20). The Balaban J connectivity index is 1.99. The lowest BCUT2D eigenvalue weighted by Crippen LogP contribution is -2.20. The lowest BCUT2D eigenvalue weighted by Gasteiger charge is -2.05. The van der Waals surface area contributed by atoms with Gasteiger partial charge in [-0.2, -0.15) is 0 Å². The zero-order chi connectivity index (χ0) is 14.8. The van der Waals surface area contributed by atoms with Gasteiger partial charge in [0.05, 0.1) is 5.56 Å². The molecule has 2 aromatic carbocycles. The van der Waals surface area contributed by atoms with E-state index >= 15 is 0 Å². The van der Waals surface area contributed by atoms with Crippen LogP contribution in [0.1, 0.15) is 10.4 Å². The van der Waals surface area contributed by atoms with Crippen molar-refractivity contribution in [2.24, 2.45) is 0 Å². The van der Waals surface area contributed by atoms with E-state index < -0.39 is 5.91 Å². The van der Waals surface area contributed by atoms with Crippen molar-refractivity contribution in [3.63, 3.8) is 0 Å². The van der Waals surface area contributed by atoms with Gasteiger partial charge in [0.25, 0.3) is 5.91 Å². The van der Waals surface area contributed by atoms with Crippen molar-refractivity contribution in [3.8, 4) is 0 Å². The third kappa shape index (κ3) is 2.82. The second-order valence-electron chi connectivity index (χ2n) is 4.44. The number of anilines is 1. The summed E-state index contributed by atoms with van der Waals surface area (Å²) in [5.41, 5.74) is 0.438. The monoisotopic (exact) mass is 315 g/mol. The van der Waals surface area contributed by atoms with Crippen LogP contribution < -0.4 is 10.7 Å². The molecule has 0 radical (unpaired) electrons. The summed E-state index contributed by atoms with van der Waals surface area (Å²) in [6.07, 6.45) is 0. The minimum Gasteiger partial charge on any atom is -0.322 e. The van der Waals surface area contributed by atoms with Crippen LogP contribution in [0, 0.1) is 0 Å². The summed E-state index contributed by atoms with van der Waals surface area (Å²) in [5.74, 6) is -0.427. The fourth-order valence-electron chi connectivity index (χ4n) is 2.00. The third-order valence-corrected chi connectivity index (χ3v) is 4.21. The summed E-state index contributed by atoms with van der Waals surface area (Å²) < 4.78 is 0.863. The summed E-state index contributed by atoms with van der Waals surface area (Å²) in [5, 5.41) is 5.36. The molecule has 104 valence electrons. The van der Waals surface area contributed by atoms with Gasteiger partial charge < -0.3 is 5.32 Å². The summed E-state index contributed by atoms with van der Waals surface area (Å²) >= 11 is 7.25. The van der Waals surface area contributed by atoms with Crippen LogP contribution in [0.5, 0.6) is 0 Å². The molecule has 21 heavy (non-hydrogen) atoms. The predicted molar refractivity (Wildman–Crippen MR) is 87.5 cm³/mol. The molecule has 3 rings (SSSR count). The van der Waals surface area contributed by atoms with Crippen LogP contribution in [0.3, 0.4) is 0 Å². The molecule has 3 nitrogen and oxygen atoms in total. The lowest BCUT2D eigenvalue weighted by molar-refractivity contribution is 0.102. The highest BCUT2D eigenvalue weighted by molar-refractivity contribution is 7.16. The molecular formula is C16H10ClNO2S. The second-order valence-corrected chi connectivity index (χ2v) is 5.79. The quantitative estimate of drug-likeness (QED) is 0.771. The molecule has 1 aromatic heterocycles. The molecule has 0 unspecified atom stereocenters. The Hall–Kier alpha value is -2.17. The second kappa shape index (κ2) is 5.68. The van der Waals surface area contributed by atoms with Crippen molar-refractivity contribution >= 4 is 44.6 Å². The van der Waals surface area contributed by atoms with Crippen molar-refractivity contribution in [3.05, 3.63) is 74.7 Å². The van der Waals surface area contributed by atoms with E-state index in [1.165, 1.54) is 11.3 Å². The molecule has 3 aromatic rings. The molecular weight excluding hydrogens is 306 g/mol. The molecule has 0 aliphatic heterocycles. The van der Waals surface area contributed by atoms with Gasteiger partial charge in [-0.25, -0.2) is 0 Å². The topological polar surface area (TPSA) is 46.2 Å². The number of rotatable bonds is 2. The van der Waals surface area contributed by atoms with Crippen molar-refractivity contribution in [1.82, 2.24) is 0 Å². The molecule has 0 aliphatic rings. The van der Waals surface area contributed by atoms with Crippen molar-refractivity contribution < 1.29 is 4.79 Å². The number of carbonyl (C=O) groups excluding carboxylic acids is 1. The molecule has 5 heteroatoms. The number of hydrogen-bond donors (Lipinski definition) is 1. The summed E-state index contributed by atoms with van der Waals surface area (Å²) in [4.78, 5) is 24.6. The Kier molecular flexibility index (Phi) is 3.73. The SMILES string of the molecule is O=C(Nc1cccc(Cl)c1)c1csc2ccccc2c1=O. The van der Waals surface area contributed by atoms with E-state index in [1.54, 1.807) is 41.8 Å². The van der Waals surface area contributed by atoms with Gasteiger partial charge in [0.2, 0.25) is 5.43 Å². The first-order valence-corrected chi connectivity index (χ1v) is 7.48. The van der Waals surface area contributed by atoms with Crippen molar-refractivity contribution in [2.75, 3.05) is 5.32 Å². The van der Waals surface area contributed by atoms with Gasteiger partial charge in [-0.1, -0.05) is 29.8 Å². The maximum Gasteiger partial charge on any atom is 0.260 e. The Morgan fingerprint density at radius 1 is 1.10 bits per heavy atom. The van der Waals surface area contributed by atoms with Gasteiger partial charge in [0.1, 0.15) is 0 Å². The smallest absolute Gasteiger partial charge is 0.260 e. The minimum atomic E-state index is -0.427. The molecule has 0 saturated heterocycles. The maximum atomic E-state index is 12.3. The minimum absolute atomic E-state index is 0.138. The number of nitrogens with one attached hydrogen (secondary N) is 1. The molecule has 0 saturated carbocycles. The first-order valence-electron chi connectivity index (χ1n) is 6.22. The predicted octanol–water partition coefficient (Wildman–Crippen LogP) is 4.17. The average Bonchev–Trinajstić information content (AvgIpc) is 2.48. The van der Waals surface area contributed by atoms with Crippen LogP contribution in [0.2, 0.25) is 5.02 Å². The number of fused-ring (bicyclic) bond motifs is 1. The molecule has 0 spiro atoms. The van der Waals surface area contributed by atoms with Crippen LogP contribution in [-0.4, -0.2) is 5.91 Å². The number of benzene rings is 2. The maximum absolute atomic E-state index is 12.3. The van der Waals surface area contributed by atoms with Crippen LogP contribution in [0.15, 0.2) is 58.7 Å². The van der Waals surface area contributed by atoms with Gasteiger partial charge >= 0.3 is 0 Å². The Labute approximate surface area is 129 Å². The average molecular weight is 316 g/mol. The van der Waals surface area contributed by atoms with Crippen molar-refractivity contribution in [2.45, 2.75) is 0 Å². The molecule has 0 bridgehead atoms. The van der Waals surface area contributed by atoms with E-state index in [-0.39, 0.29) is 11.0 Å².